The maximum absolute atomic E-state index is 12.1. The minimum atomic E-state index is -0.454. The van der Waals surface area contributed by atoms with Crippen molar-refractivity contribution in [1.82, 2.24) is 10.3 Å². The number of carbonyl (C=O) groups is 1. The third-order valence-electron chi connectivity index (χ3n) is 3.70. The lowest BCUT2D eigenvalue weighted by molar-refractivity contribution is 0.0697. The van der Waals surface area contributed by atoms with Gasteiger partial charge in [-0.3, -0.25) is 9.78 Å². The number of hydrogen-bond donors (Lipinski definition) is 2. The molecule has 2 unspecified atom stereocenters. The molecule has 2 N–H and O–H groups in total. The maximum atomic E-state index is 12.1. The topological polar surface area (TPSA) is 62.2 Å². The maximum Gasteiger partial charge on any atom is 0.253 e. The Balaban J connectivity index is 2.08. The Kier molecular flexibility index (Phi) is 3.97. The monoisotopic (exact) mass is 248 g/mol. The number of hydrogen-bond acceptors (Lipinski definition) is 3. The number of rotatable bonds is 3. The summed E-state index contributed by atoms with van der Waals surface area (Å²) in [6, 6.07) is 3.48. The summed E-state index contributed by atoms with van der Waals surface area (Å²) in [5, 5.41) is 12.6. The molecule has 0 spiro atoms. The van der Waals surface area contributed by atoms with Gasteiger partial charge in [0.2, 0.25) is 0 Å². The van der Waals surface area contributed by atoms with Crippen LogP contribution in [0.3, 0.4) is 0 Å². The molecule has 1 aliphatic rings. The predicted octanol–water partition coefficient (Wildman–Crippen LogP) is 1.75. The van der Waals surface area contributed by atoms with Gasteiger partial charge in [-0.05, 0) is 30.9 Å². The van der Waals surface area contributed by atoms with E-state index in [1.54, 1.807) is 24.5 Å². The highest BCUT2D eigenvalue weighted by Crippen LogP contribution is 2.32. The van der Waals surface area contributed by atoms with Gasteiger partial charge < -0.3 is 10.4 Å². The first-order valence-corrected chi connectivity index (χ1v) is 6.49. The molecule has 0 bridgehead atoms. The molecule has 1 aromatic rings. The van der Waals surface area contributed by atoms with Crippen molar-refractivity contribution in [2.75, 3.05) is 6.61 Å². The van der Waals surface area contributed by atoms with Crippen LogP contribution in [0.2, 0.25) is 0 Å². The molecule has 98 valence electrons. The van der Waals surface area contributed by atoms with Crippen LogP contribution >= 0.6 is 0 Å². The summed E-state index contributed by atoms with van der Waals surface area (Å²) < 4.78 is 0. The van der Waals surface area contributed by atoms with Crippen LogP contribution in [0.25, 0.3) is 0 Å². The Labute approximate surface area is 107 Å². The van der Waals surface area contributed by atoms with Crippen molar-refractivity contribution >= 4 is 5.91 Å². The fourth-order valence-corrected chi connectivity index (χ4v) is 2.77. The highest BCUT2D eigenvalue weighted by molar-refractivity contribution is 5.94. The Hall–Kier alpha value is -1.42. The van der Waals surface area contributed by atoms with E-state index >= 15 is 0 Å². The van der Waals surface area contributed by atoms with Gasteiger partial charge in [0, 0.05) is 12.4 Å². The van der Waals surface area contributed by atoms with Gasteiger partial charge in [-0.1, -0.05) is 19.8 Å². The second-order valence-corrected chi connectivity index (χ2v) is 5.34. The quantitative estimate of drug-likeness (QED) is 0.856. The van der Waals surface area contributed by atoms with E-state index in [2.05, 4.69) is 17.2 Å². The first-order valence-electron chi connectivity index (χ1n) is 6.49. The first kappa shape index (κ1) is 13.0. The fraction of sp³-hybridized carbons (Fsp3) is 0.571. The zero-order valence-electron chi connectivity index (χ0n) is 10.7. The minimum Gasteiger partial charge on any atom is -0.394 e. The van der Waals surface area contributed by atoms with E-state index in [4.69, 9.17) is 0 Å². The third kappa shape index (κ3) is 2.88. The van der Waals surface area contributed by atoms with E-state index in [0.717, 1.165) is 19.3 Å². The zero-order valence-corrected chi connectivity index (χ0v) is 10.7. The molecule has 1 aliphatic carbocycles. The van der Waals surface area contributed by atoms with Crippen molar-refractivity contribution in [1.29, 1.82) is 0 Å². The highest BCUT2D eigenvalue weighted by atomic mass is 16.3. The highest BCUT2D eigenvalue weighted by Gasteiger charge is 2.35. The lowest BCUT2D eigenvalue weighted by atomic mass is 9.76. The van der Waals surface area contributed by atoms with Crippen molar-refractivity contribution < 1.29 is 9.90 Å². The molecule has 1 saturated carbocycles. The molecular weight excluding hydrogens is 228 g/mol. The summed E-state index contributed by atoms with van der Waals surface area (Å²) in [4.78, 5) is 16.1. The predicted molar refractivity (Wildman–Crippen MR) is 69.2 cm³/mol. The molecule has 0 saturated heterocycles. The molecule has 2 atom stereocenters. The first-order chi connectivity index (χ1) is 8.65. The number of carbonyl (C=O) groups excluding carboxylic acids is 1. The van der Waals surface area contributed by atoms with E-state index in [0.29, 0.717) is 11.5 Å². The number of aliphatic hydroxyl groups excluding tert-OH is 1. The van der Waals surface area contributed by atoms with E-state index in [9.17, 15) is 9.90 Å². The number of aliphatic hydroxyl groups is 1. The summed E-state index contributed by atoms with van der Waals surface area (Å²) >= 11 is 0. The molecule has 1 amide bonds. The smallest absolute Gasteiger partial charge is 0.253 e. The largest absolute Gasteiger partial charge is 0.394 e. The van der Waals surface area contributed by atoms with Gasteiger partial charge in [0.05, 0.1) is 17.7 Å². The van der Waals surface area contributed by atoms with Gasteiger partial charge in [0.15, 0.2) is 0 Å². The third-order valence-corrected chi connectivity index (χ3v) is 3.70. The van der Waals surface area contributed by atoms with Crippen LogP contribution in [-0.4, -0.2) is 28.1 Å². The van der Waals surface area contributed by atoms with Crippen LogP contribution in [0, 0.1) is 5.92 Å². The van der Waals surface area contributed by atoms with Gasteiger partial charge >= 0.3 is 0 Å². The van der Waals surface area contributed by atoms with Crippen molar-refractivity contribution in [2.45, 2.75) is 38.1 Å². The normalized spacial score (nSPS) is 27.8. The van der Waals surface area contributed by atoms with Crippen molar-refractivity contribution in [3.8, 4) is 0 Å². The van der Waals surface area contributed by atoms with Gasteiger partial charge in [0.25, 0.3) is 5.91 Å². The van der Waals surface area contributed by atoms with Crippen LogP contribution < -0.4 is 5.32 Å². The molecule has 4 heteroatoms. The summed E-state index contributed by atoms with van der Waals surface area (Å²) in [5.41, 5.74) is 0.0912. The molecule has 18 heavy (non-hydrogen) atoms. The molecule has 2 rings (SSSR count). The molecule has 0 aliphatic heterocycles. The van der Waals surface area contributed by atoms with Crippen LogP contribution in [0.15, 0.2) is 24.5 Å². The second kappa shape index (κ2) is 5.48. The number of nitrogens with zero attached hydrogens (tertiary/aromatic N) is 1. The van der Waals surface area contributed by atoms with E-state index in [1.165, 1.54) is 6.42 Å². The van der Waals surface area contributed by atoms with Crippen molar-refractivity contribution in [3.63, 3.8) is 0 Å². The molecule has 0 aromatic carbocycles. The van der Waals surface area contributed by atoms with E-state index in [-0.39, 0.29) is 12.5 Å². The SMILES string of the molecule is CC1CCCC(CO)(NC(=O)c2cccnc2)C1. The van der Waals surface area contributed by atoms with Gasteiger partial charge in [-0.15, -0.1) is 0 Å². The molecule has 1 fully saturated rings. The van der Waals surface area contributed by atoms with Crippen LogP contribution in [0.1, 0.15) is 43.0 Å². The number of nitrogens with one attached hydrogen (secondary N) is 1. The Bertz CT molecular complexity index is 408. The molecular formula is C14H20N2O2. The number of pyridine rings is 1. The molecule has 1 aromatic heterocycles. The number of amides is 1. The van der Waals surface area contributed by atoms with Crippen LogP contribution in [-0.2, 0) is 0 Å². The Morgan fingerprint density at radius 2 is 2.50 bits per heavy atom. The van der Waals surface area contributed by atoms with Crippen molar-refractivity contribution in [3.05, 3.63) is 30.1 Å². The van der Waals surface area contributed by atoms with E-state index in [1.807, 2.05) is 0 Å². The van der Waals surface area contributed by atoms with Crippen molar-refractivity contribution in [2.24, 2.45) is 5.92 Å². The minimum absolute atomic E-state index is 0.00332. The summed E-state index contributed by atoms with van der Waals surface area (Å²) in [6.45, 7) is 2.17. The van der Waals surface area contributed by atoms with Crippen LogP contribution in [0.4, 0.5) is 0 Å². The van der Waals surface area contributed by atoms with Gasteiger partial charge in [-0.25, -0.2) is 0 Å². The standard InChI is InChI=1S/C14H20N2O2/c1-11-4-2-6-14(8-11,10-17)16-13(18)12-5-3-7-15-9-12/h3,5,7,9,11,17H,2,4,6,8,10H2,1H3,(H,16,18). The van der Waals surface area contributed by atoms with E-state index < -0.39 is 5.54 Å². The average Bonchev–Trinajstić information content (AvgIpc) is 2.39. The second-order valence-electron chi connectivity index (χ2n) is 5.34. The number of aromatic nitrogens is 1. The molecule has 4 nitrogen and oxygen atoms in total. The Morgan fingerprint density at radius 1 is 1.67 bits per heavy atom. The molecule has 1 heterocycles. The van der Waals surface area contributed by atoms with Gasteiger partial charge in [0.1, 0.15) is 0 Å². The summed E-state index contributed by atoms with van der Waals surface area (Å²) in [7, 11) is 0. The van der Waals surface area contributed by atoms with Gasteiger partial charge in [-0.2, -0.15) is 0 Å². The fourth-order valence-electron chi connectivity index (χ4n) is 2.77. The Morgan fingerprint density at radius 3 is 3.11 bits per heavy atom. The lowest BCUT2D eigenvalue weighted by Crippen LogP contribution is -2.53. The summed E-state index contributed by atoms with van der Waals surface area (Å²) in [5.74, 6) is 0.395. The van der Waals surface area contributed by atoms with Crippen LogP contribution in [0.5, 0.6) is 0 Å². The lowest BCUT2D eigenvalue weighted by Gasteiger charge is -2.39. The zero-order chi connectivity index (χ0) is 13.0. The molecule has 0 radical (unpaired) electrons. The average molecular weight is 248 g/mol. The summed E-state index contributed by atoms with van der Waals surface area (Å²) in [6.07, 6.45) is 7.10.